The van der Waals surface area contributed by atoms with Crippen molar-refractivity contribution in [1.82, 2.24) is 10.6 Å². The van der Waals surface area contributed by atoms with Gasteiger partial charge < -0.3 is 10.6 Å². The summed E-state index contributed by atoms with van der Waals surface area (Å²) < 4.78 is 0. The van der Waals surface area contributed by atoms with Crippen molar-refractivity contribution < 1.29 is 4.79 Å². The maximum atomic E-state index is 12.2. The van der Waals surface area contributed by atoms with E-state index in [2.05, 4.69) is 69.5 Å². The zero-order valence-electron chi connectivity index (χ0n) is 15.3. The summed E-state index contributed by atoms with van der Waals surface area (Å²) in [7, 11) is 0. The van der Waals surface area contributed by atoms with Crippen molar-refractivity contribution in [1.29, 1.82) is 0 Å². The Hall–Kier alpha value is -1.35. The number of benzene rings is 1. The quantitative estimate of drug-likeness (QED) is 0.869. The third-order valence-corrected chi connectivity index (χ3v) is 4.55. The first-order chi connectivity index (χ1) is 10.7. The third kappa shape index (κ3) is 5.98. The van der Waals surface area contributed by atoms with Crippen LogP contribution in [0.5, 0.6) is 0 Å². The zero-order valence-corrected chi connectivity index (χ0v) is 15.3. The van der Waals surface area contributed by atoms with Gasteiger partial charge in [0.05, 0.1) is 0 Å². The standard InChI is InChI=1S/C20H32N2O/c1-15-9-11-16(12-10-15)7-6-8-18(23)21-17-13-19(2,3)22-20(4,5)14-17/h9-12,17,22H,6-8,13-14H2,1-5H3,(H,21,23). The lowest BCUT2D eigenvalue weighted by Crippen LogP contribution is -2.62. The molecule has 0 spiro atoms. The van der Waals surface area contributed by atoms with E-state index in [1.807, 2.05) is 0 Å². The predicted molar refractivity (Wildman–Crippen MR) is 96.6 cm³/mol. The van der Waals surface area contributed by atoms with Crippen molar-refractivity contribution in [3.8, 4) is 0 Å². The highest BCUT2D eigenvalue weighted by Gasteiger charge is 2.37. The number of hydrogen-bond donors (Lipinski definition) is 2. The molecular weight excluding hydrogens is 284 g/mol. The van der Waals surface area contributed by atoms with Crippen molar-refractivity contribution in [3.05, 3.63) is 35.4 Å². The second kappa shape index (κ2) is 7.04. The van der Waals surface area contributed by atoms with E-state index in [9.17, 15) is 4.79 Å². The molecule has 23 heavy (non-hydrogen) atoms. The average molecular weight is 316 g/mol. The van der Waals surface area contributed by atoms with Gasteiger partial charge in [0.25, 0.3) is 0 Å². The molecule has 0 bridgehead atoms. The summed E-state index contributed by atoms with van der Waals surface area (Å²) in [5.41, 5.74) is 2.73. The fraction of sp³-hybridized carbons (Fsp3) is 0.650. The molecule has 0 atom stereocenters. The summed E-state index contributed by atoms with van der Waals surface area (Å²) in [6, 6.07) is 8.85. The smallest absolute Gasteiger partial charge is 0.220 e. The molecule has 1 aliphatic heterocycles. The van der Waals surface area contributed by atoms with Gasteiger partial charge in [-0.05, 0) is 65.9 Å². The van der Waals surface area contributed by atoms with E-state index in [0.717, 1.165) is 25.7 Å². The summed E-state index contributed by atoms with van der Waals surface area (Å²) in [4.78, 5) is 12.2. The molecule has 1 heterocycles. The van der Waals surface area contributed by atoms with E-state index in [0.29, 0.717) is 6.42 Å². The van der Waals surface area contributed by atoms with Gasteiger partial charge in [-0.1, -0.05) is 29.8 Å². The summed E-state index contributed by atoms with van der Waals surface area (Å²) in [6.07, 6.45) is 4.46. The lowest BCUT2D eigenvalue weighted by Gasteiger charge is -2.46. The van der Waals surface area contributed by atoms with Crippen molar-refractivity contribution in [3.63, 3.8) is 0 Å². The fourth-order valence-electron chi connectivity index (χ4n) is 3.93. The van der Waals surface area contributed by atoms with Crippen molar-refractivity contribution in [2.24, 2.45) is 0 Å². The Morgan fingerprint density at radius 1 is 1.13 bits per heavy atom. The maximum absolute atomic E-state index is 12.2. The van der Waals surface area contributed by atoms with Crippen LogP contribution in [0.1, 0.15) is 64.5 Å². The minimum absolute atomic E-state index is 0.0710. The van der Waals surface area contributed by atoms with Gasteiger partial charge in [0.1, 0.15) is 0 Å². The lowest BCUT2D eigenvalue weighted by atomic mass is 9.79. The van der Waals surface area contributed by atoms with E-state index in [1.54, 1.807) is 0 Å². The maximum Gasteiger partial charge on any atom is 0.220 e. The lowest BCUT2D eigenvalue weighted by molar-refractivity contribution is -0.122. The molecule has 1 amide bonds. The monoisotopic (exact) mass is 316 g/mol. The summed E-state index contributed by atoms with van der Waals surface area (Å²) in [6.45, 7) is 10.9. The molecule has 0 aliphatic carbocycles. The number of piperidine rings is 1. The Morgan fingerprint density at radius 2 is 1.70 bits per heavy atom. The Labute approximate surface area is 141 Å². The molecule has 1 saturated heterocycles. The van der Waals surface area contributed by atoms with Crippen LogP contribution in [0, 0.1) is 6.92 Å². The number of amides is 1. The molecule has 0 unspecified atom stereocenters. The molecule has 1 aromatic rings. The van der Waals surface area contributed by atoms with Crippen molar-refractivity contribution in [2.45, 2.75) is 83.8 Å². The molecule has 1 aliphatic rings. The average Bonchev–Trinajstić information content (AvgIpc) is 2.37. The van der Waals surface area contributed by atoms with Gasteiger partial charge in [-0.25, -0.2) is 0 Å². The topological polar surface area (TPSA) is 41.1 Å². The van der Waals surface area contributed by atoms with Crippen LogP contribution in [0.25, 0.3) is 0 Å². The summed E-state index contributed by atoms with van der Waals surface area (Å²) >= 11 is 0. The van der Waals surface area contributed by atoms with Crippen molar-refractivity contribution in [2.75, 3.05) is 0 Å². The summed E-state index contributed by atoms with van der Waals surface area (Å²) in [5.74, 6) is 0.190. The van der Waals surface area contributed by atoms with E-state index in [4.69, 9.17) is 0 Å². The third-order valence-electron chi connectivity index (χ3n) is 4.55. The molecule has 0 saturated carbocycles. The van der Waals surface area contributed by atoms with Gasteiger partial charge in [0, 0.05) is 23.5 Å². The Kier molecular flexibility index (Phi) is 5.51. The first-order valence-corrected chi connectivity index (χ1v) is 8.79. The second-order valence-corrected chi connectivity index (χ2v) is 8.40. The summed E-state index contributed by atoms with van der Waals surface area (Å²) in [5, 5.41) is 6.90. The molecule has 2 N–H and O–H groups in total. The normalized spacial score (nSPS) is 20.2. The van der Waals surface area contributed by atoms with Crippen LogP contribution in [0.3, 0.4) is 0 Å². The van der Waals surface area contributed by atoms with Gasteiger partial charge in [-0.2, -0.15) is 0 Å². The second-order valence-electron chi connectivity index (χ2n) is 8.40. The molecule has 2 rings (SSSR count). The van der Waals surface area contributed by atoms with E-state index in [1.165, 1.54) is 11.1 Å². The minimum Gasteiger partial charge on any atom is -0.353 e. The highest BCUT2D eigenvalue weighted by molar-refractivity contribution is 5.76. The number of aryl methyl sites for hydroxylation is 2. The van der Waals surface area contributed by atoms with Gasteiger partial charge >= 0.3 is 0 Å². The first kappa shape index (κ1) is 18.0. The SMILES string of the molecule is Cc1ccc(CCCC(=O)NC2CC(C)(C)NC(C)(C)C2)cc1. The van der Waals surface area contributed by atoms with Gasteiger partial charge in [-0.15, -0.1) is 0 Å². The molecule has 3 heteroatoms. The highest BCUT2D eigenvalue weighted by Crippen LogP contribution is 2.28. The number of rotatable bonds is 5. The molecule has 1 aromatic carbocycles. The van der Waals surface area contributed by atoms with E-state index >= 15 is 0 Å². The minimum atomic E-state index is 0.0710. The Morgan fingerprint density at radius 3 is 2.26 bits per heavy atom. The van der Waals surface area contributed by atoms with Crippen LogP contribution < -0.4 is 10.6 Å². The molecular formula is C20H32N2O. The van der Waals surface area contributed by atoms with Crippen LogP contribution >= 0.6 is 0 Å². The number of carbonyl (C=O) groups is 1. The number of hydrogen-bond acceptors (Lipinski definition) is 2. The van der Waals surface area contributed by atoms with Crippen LogP contribution in [0.2, 0.25) is 0 Å². The van der Waals surface area contributed by atoms with Gasteiger partial charge in [0.2, 0.25) is 5.91 Å². The Bertz CT molecular complexity index is 515. The van der Waals surface area contributed by atoms with Gasteiger partial charge in [0.15, 0.2) is 0 Å². The zero-order chi connectivity index (χ0) is 17.1. The number of carbonyl (C=O) groups excluding carboxylic acids is 1. The van der Waals surface area contributed by atoms with Crippen LogP contribution in [-0.2, 0) is 11.2 Å². The molecule has 128 valence electrons. The van der Waals surface area contributed by atoms with Crippen LogP contribution in [0.15, 0.2) is 24.3 Å². The van der Waals surface area contributed by atoms with E-state index in [-0.39, 0.29) is 23.0 Å². The highest BCUT2D eigenvalue weighted by atomic mass is 16.1. The van der Waals surface area contributed by atoms with Gasteiger partial charge in [-0.3, -0.25) is 4.79 Å². The largest absolute Gasteiger partial charge is 0.353 e. The number of nitrogens with one attached hydrogen (secondary N) is 2. The van der Waals surface area contributed by atoms with Crippen LogP contribution in [-0.4, -0.2) is 23.0 Å². The molecule has 3 nitrogen and oxygen atoms in total. The first-order valence-electron chi connectivity index (χ1n) is 8.79. The molecule has 1 fully saturated rings. The fourth-order valence-corrected chi connectivity index (χ4v) is 3.93. The van der Waals surface area contributed by atoms with Crippen molar-refractivity contribution >= 4 is 5.91 Å². The Balaban J connectivity index is 1.77. The molecule has 0 aromatic heterocycles. The predicted octanol–water partition coefficient (Wildman–Crippen LogP) is 3.74. The van der Waals surface area contributed by atoms with E-state index < -0.39 is 0 Å². The molecule has 0 radical (unpaired) electrons. The van der Waals surface area contributed by atoms with Crippen LogP contribution in [0.4, 0.5) is 0 Å².